The van der Waals surface area contributed by atoms with Gasteiger partial charge < -0.3 is 9.84 Å². The highest BCUT2D eigenvalue weighted by molar-refractivity contribution is 5.92. The van der Waals surface area contributed by atoms with Crippen LogP contribution in [-0.2, 0) is 16.0 Å². The third-order valence-electron chi connectivity index (χ3n) is 4.42. The molecule has 1 aliphatic carbocycles. The van der Waals surface area contributed by atoms with Gasteiger partial charge >= 0.3 is 11.9 Å². The summed E-state index contributed by atoms with van der Waals surface area (Å²) < 4.78 is 4.77. The van der Waals surface area contributed by atoms with E-state index in [2.05, 4.69) is 19.1 Å². The minimum atomic E-state index is -0.848. The molecule has 3 rings (SSSR count). The van der Waals surface area contributed by atoms with Crippen molar-refractivity contribution in [3.63, 3.8) is 0 Å². The predicted octanol–water partition coefficient (Wildman–Crippen LogP) is 3.62. The second-order valence-corrected chi connectivity index (χ2v) is 5.72. The van der Waals surface area contributed by atoms with Gasteiger partial charge in [-0.1, -0.05) is 31.2 Å². The van der Waals surface area contributed by atoms with Crippen LogP contribution >= 0.6 is 0 Å². The lowest BCUT2D eigenvalue weighted by Crippen LogP contribution is -2.07. The van der Waals surface area contributed by atoms with Gasteiger partial charge in [0.1, 0.15) is 0 Å². The molecule has 118 valence electrons. The second-order valence-electron chi connectivity index (χ2n) is 5.72. The summed E-state index contributed by atoms with van der Waals surface area (Å²) in [4.78, 5) is 23.1. The molecular weight excluding hydrogens is 292 g/mol. The Bertz CT molecular complexity index is 792. The number of ether oxygens (including phenoxy) is 1. The fourth-order valence-electron chi connectivity index (χ4n) is 3.27. The van der Waals surface area contributed by atoms with E-state index in [1.165, 1.54) is 12.7 Å². The van der Waals surface area contributed by atoms with Crippen molar-refractivity contribution in [2.45, 2.75) is 25.7 Å². The average Bonchev–Trinajstić information content (AvgIpc) is 2.86. The van der Waals surface area contributed by atoms with Crippen molar-refractivity contribution in [3.05, 3.63) is 58.7 Å². The summed E-state index contributed by atoms with van der Waals surface area (Å²) in [7, 11) is 1.34. The number of aliphatic carboxylic acids is 1. The van der Waals surface area contributed by atoms with Crippen LogP contribution in [0.4, 0.5) is 0 Å². The van der Waals surface area contributed by atoms with Crippen molar-refractivity contribution in [3.8, 4) is 11.1 Å². The second kappa shape index (κ2) is 5.88. The van der Waals surface area contributed by atoms with Crippen molar-refractivity contribution in [1.82, 2.24) is 0 Å². The summed E-state index contributed by atoms with van der Waals surface area (Å²) in [5, 5.41) is 9.28. The lowest BCUT2D eigenvalue weighted by atomic mass is 9.91. The van der Waals surface area contributed by atoms with Crippen molar-refractivity contribution in [1.29, 1.82) is 0 Å². The number of methoxy groups -OCH3 is 1. The Morgan fingerprint density at radius 2 is 1.74 bits per heavy atom. The molecule has 1 atom stereocenters. The molecule has 4 heteroatoms. The Labute approximate surface area is 134 Å². The Morgan fingerprint density at radius 1 is 1.09 bits per heavy atom. The molecule has 0 bridgehead atoms. The smallest absolute Gasteiger partial charge is 0.337 e. The first-order valence-electron chi connectivity index (χ1n) is 7.62. The van der Waals surface area contributed by atoms with E-state index in [-0.39, 0.29) is 12.3 Å². The normalized spacial score (nSPS) is 15.0. The molecule has 0 aromatic heterocycles. The molecule has 2 aromatic rings. The van der Waals surface area contributed by atoms with Crippen LogP contribution in [-0.4, -0.2) is 24.2 Å². The van der Waals surface area contributed by atoms with Crippen LogP contribution in [0.3, 0.4) is 0 Å². The van der Waals surface area contributed by atoms with Gasteiger partial charge in [0.05, 0.1) is 19.1 Å². The lowest BCUT2D eigenvalue weighted by Gasteiger charge is -2.12. The number of aryl methyl sites for hydroxylation is 1. The first kappa shape index (κ1) is 15.3. The number of carboxylic acids is 1. The first-order valence-corrected chi connectivity index (χ1v) is 7.62. The number of hydrogen-bond donors (Lipinski definition) is 1. The van der Waals surface area contributed by atoms with Gasteiger partial charge in [0.25, 0.3) is 0 Å². The number of carbonyl (C=O) groups excluding carboxylic acids is 1. The van der Waals surface area contributed by atoms with E-state index in [4.69, 9.17) is 4.74 Å². The number of carboxylic acid groups (broad SMARTS) is 1. The van der Waals surface area contributed by atoms with Crippen LogP contribution in [0.25, 0.3) is 11.1 Å². The van der Waals surface area contributed by atoms with Gasteiger partial charge in [-0.3, -0.25) is 4.79 Å². The fourth-order valence-corrected chi connectivity index (χ4v) is 3.27. The molecular formula is C19H18O4. The molecule has 4 nitrogen and oxygen atoms in total. The minimum absolute atomic E-state index is 0.0117. The minimum Gasteiger partial charge on any atom is -0.481 e. The molecule has 0 saturated carbocycles. The average molecular weight is 310 g/mol. The molecule has 0 saturated heterocycles. The molecule has 1 unspecified atom stereocenters. The Hall–Kier alpha value is -2.62. The van der Waals surface area contributed by atoms with Crippen molar-refractivity contribution >= 4 is 11.9 Å². The highest BCUT2D eigenvalue weighted by Crippen LogP contribution is 2.47. The van der Waals surface area contributed by atoms with Crippen LogP contribution < -0.4 is 0 Å². The Morgan fingerprint density at radius 3 is 2.35 bits per heavy atom. The molecule has 0 amide bonds. The number of rotatable bonds is 4. The van der Waals surface area contributed by atoms with E-state index in [0.717, 1.165) is 28.7 Å². The zero-order chi connectivity index (χ0) is 16.6. The summed E-state index contributed by atoms with van der Waals surface area (Å²) >= 11 is 0. The third kappa shape index (κ3) is 2.61. The zero-order valence-corrected chi connectivity index (χ0v) is 13.1. The fraction of sp³-hybridized carbons (Fsp3) is 0.263. The van der Waals surface area contributed by atoms with Crippen LogP contribution in [0.1, 0.15) is 46.3 Å². The topological polar surface area (TPSA) is 63.6 Å². The molecule has 0 fully saturated rings. The van der Waals surface area contributed by atoms with Crippen LogP contribution in [0.2, 0.25) is 0 Å². The summed E-state index contributed by atoms with van der Waals surface area (Å²) in [5.74, 6) is -1.49. The molecule has 0 heterocycles. The number of esters is 1. The molecule has 1 N–H and O–H groups in total. The largest absolute Gasteiger partial charge is 0.481 e. The van der Waals surface area contributed by atoms with E-state index in [1.54, 1.807) is 12.1 Å². The van der Waals surface area contributed by atoms with Crippen molar-refractivity contribution < 1.29 is 19.4 Å². The van der Waals surface area contributed by atoms with Gasteiger partial charge in [-0.15, -0.1) is 0 Å². The predicted molar refractivity (Wildman–Crippen MR) is 86.7 cm³/mol. The van der Waals surface area contributed by atoms with E-state index in [1.807, 2.05) is 12.1 Å². The zero-order valence-electron chi connectivity index (χ0n) is 13.1. The van der Waals surface area contributed by atoms with Crippen LogP contribution in [0.15, 0.2) is 36.4 Å². The van der Waals surface area contributed by atoms with Gasteiger partial charge in [0.2, 0.25) is 0 Å². The molecule has 23 heavy (non-hydrogen) atoms. The molecule has 2 aromatic carbocycles. The van der Waals surface area contributed by atoms with E-state index in [0.29, 0.717) is 5.56 Å². The molecule has 0 radical (unpaired) electrons. The Kier molecular flexibility index (Phi) is 3.90. The third-order valence-corrected chi connectivity index (χ3v) is 4.42. The van der Waals surface area contributed by atoms with Crippen molar-refractivity contribution in [2.75, 3.05) is 7.11 Å². The molecule has 1 aliphatic rings. The number of carbonyl (C=O) groups is 2. The maximum Gasteiger partial charge on any atom is 0.337 e. The van der Waals surface area contributed by atoms with Gasteiger partial charge in [-0.25, -0.2) is 4.79 Å². The van der Waals surface area contributed by atoms with Crippen LogP contribution in [0, 0.1) is 0 Å². The van der Waals surface area contributed by atoms with Gasteiger partial charge in [-0.2, -0.15) is 0 Å². The summed E-state index contributed by atoms with van der Waals surface area (Å²) in [6.45, 7) is 2.07. The standard InChI is InChI=1S/C19H18O4/c1-3-11-4-6-13-14-7-5-12(19(22)23-2)9-16(14)17(10-18(20)21)15(13)8-11/h4-9,17H,3,10H2,1-2H3,(H,20,21). The van der Waals surface area contributed by atoms with E-state index >= 15 is 0 Å². The highest BCUT2D eigenvalue weighted by atomic mass is 16.5. The van der Waals surface area contributed by atoms with Crippen molar-refractivity contribution in [2.24, 2.45) is 0 Å². The van der Waals surface area contributed by atoms with Gasteiger partial charge in [-0.05, 0) is 46.4 Å². The molecule has 0 spiro atoms. The summed E-state index contributed by atoms with van der Waals surface area (Å²) in [6, 6.07) is 11.6. The van der Waals surface area contributed by atoms with Gasteiger partial charge in [0.15, 0.2) is 0 Å². The number of fused-ring (bicyclic) bond motifs is 3. The SMILES string of the molecule is CCc1ccc2c(c1)C(CC(=O)O)c1cc(C(=O)OC)ccc1-2. The highest BCUT2D eigenvalue weighted by Gasteiger charge is 2.31. The maximum absolute atomic E-state index is 11.8. The lowest BCUT2D eigenvalue weighted by molar-refractivity contribution is -0.137. The van der Waals surface area contributed by atoms with Gasteiger partial charge in [0, 0.05) is 5.92 Å². The summed E-state index contributed by atoms with van der Waals surface area (Å²) in [6.07, 6.45) is 0.911. The molecule has 0 aliphatic heterocycles. The van der Waals surface area contributed by atoms with E-state index in [9.17, 15) is 14.7 Å². The van der Waals surface area contributed by atoms with E-state index < -0.39 is 11.9 Å². The monoisotopic (exact) mass is 310 g/mol. The summed E-state index contributed by atoms with van der Waals surface area (Å²) in [5.41, 5.74) is 5.61. The Balaban J connectivity index is 2.16. The maximum atomic E-state index is 11.8. The number of hydrogen-bond acceptors (Lipinski definition) is 3. The first-order chi connectivity index (χ1) is 11.0. The quantitative estimate of drug-likeness (QED) is 0.876. The number of benzene rings is 2. The van der Waals surface area contributed by atoms with Crippen LogP contribution in [0.5, 0.6) is 0 Å².